The fraction of sp³-hybridized carbons (Fsp3) is 0.438. The zero-order valence-electron chi connectivity index (χ0n) is 25.7. The third-order valence-corrected chi connectivity index (χ3v) is 11.0. The summed E-state index contributed by atoms with van der Waals surface area (Å²) in [7, 11) is -3.89. The number of hydrogen-bond donors (Lipinski definition) is 0. The maximum absolute atomic E-state index is 14.1. The molecule has 6 rings (SSSR count). The van der Waals surface area contributed by atoms with Crippen LogP contribution >= 0.6 is 0 Å². The lowest BCUT2D eigenvalue weighted by Crippen LogP contribution is -2.49. The van der Waals surface area contributed by atoms with E-state index in [9.17, 15) is 22.0 Å². The number of ether oxygens (including phenoxy) is 1. The van der Waals surface area contributed by atoms with Crippen molar-refractivity contribution in [1.82, 2.24) is 23.9 Å². The number of esters is 1. The summed E-state index contributed by atoms with van der Waals surface area (Å²) >= 11 is 0. The third kappa shape index (κ3) is 5.45. The van der Waals surface area contributed by atoms with Crippen molar-refractivity contribution in [2.24, 2.45) is 0 Å². The SMILES string of the molecule is CCOC(=O)CC(c1ccc(C)c(CN2C[C@]3(C)CCCN3c3ncccc3S2(=O)=O)c1)c1ccn2c(C(F)F)nnc2c1C. The second-order valence-electron chi connectivity index (χ2n) is 12.0. The van der Waals surface area contributed by atoms with Gasteiger partial charge in [-0.05, 0) is 86.6 Å². The number of alkyl halides is 2. The van der Waals surface area contributed by atoms with E-state index in [-0.39, 0.29) is 30.1 Å². The van der Waals surface area contributed by atoms with E-state index in [1.54, 1.807) is 42.5 Å². The number of aryl methyl sites for hydroxylation is 2. The second kappa shape index (κ2) is 11.8. The molecule has 0 saturated carbocycles. The molecule has 0 radical (unpaired) electrons. The first-order valence-electron chi connectivity index (χ1n) is 15.0. The molecule has 1 fully saturated rings. The Morgan fingerprint density at radius 1 is 1.16 bits per heavy atom. The van der Waals surface area contributed by atoms with Gasteiger partial charge in [0.1, 0.15) is 10.7 Å². The van der Waals surface area contributed by atoms with Gasteiger partial charge < -0.3 is 9.64 Å². The minimum atomic E-state index is -3.89. The van der Waals surface area contributed by atoms with Crippen molar-refractivity contribution in [2.45, 2.75) is 76.3 Å². The molecule has 1 unspecified atom stereocenters. The van der Waals surface area contributed by atoms with Crippen molar-refractivity contribution < 1.29 is 26.7 Å². The van der Waals surface area contributed by atoms with Gasteiger partial charge in [-0.3, -0.25) is 9.20 Å². The maximum Gasteiger partial charge on any atom is 0.306 e. The Morgan fingerprint density at radius 3 is 2.71 bits per heavy atom. The van der Waals surface area contributed by atoms with Crippen molar-refractivity contribution >= 4 is 27.5 Å². The smallest absolute Gasteiger partial charge is 0.306 e. The zero-order chi connectivity index (χ0) is 32.1. The highest BCUT2D eigenvalue weighted by Crippen LogP contribution is 2.42. The van der Waals surface area contributed by atoms with Gasteiger partial charge in [-0.25, -0.2) is 22.2 Å². The Balaban J connectivity index is 1.42. The normalized spacial score (nSPS) is 20.2. The molecule has 0 amide bonds. The predicted molar refractivity (Wildman–Crippen MR) is 164 cm³/mol. The lowest BCUT2D eigenvalue weighted by molar-refractivity contribution is -0.143. The van der Waals surface area contributed by atoms with E-state index in [0.29, 0.717) is 17.9 Å². The van der Waals surface area contributed by atoms with E-state index in [2.05, 4.69) is 27.0 Å². The highest BCUT2D eigenvalue weighted by Gasteiger charge is 2.47. The minimum Gasteiger partial charge on any atom is -0.466 e. The van der Waals surface area contributed by atoms with Gasteiger partial charge >= 0.3 is 5.97 Å². The number of benzene rings is 1. The molecule has 2 atom stereocenters. The average molecular weight is 639 g/mol. The molecule has 4 aromatic rings. The standard InChI is InChI=1S/C32H36F2N6O4S/c1-5-44-27(41)17-25(24-11-15-39-29(21(24)3)36-37-31(39)28(33)34)22-10-9-20(2)23(16-22)18-38-19-32(4)12-7-14-40(32)30-26(45(38,42)43)8-6-13-35-30/h6,8-11,13,15-16,25,28H,5,7,12,14,17-19H2,1-4H3/t25?,32-/m0/s1. The molecule has 1 saturated heterocycles. The number of sulfonamides is 1. The van der Waals surface area contributed by atoms with Crippen LogP contribution in [0.3, 0.4) is 0 Å². The molecule has 0 aliphatic carbocycles. The van der Waals surface area contributed by atoms with Crippen LogP contribution < -0.4 is 4.90 Å². The van der Waals surface area contributed by atoms with Gasteiger partial charge in [-0.2, -0.15) is 4.31 Å². The van der Waals surface area contributed by atoms with Crippen LogP contribution in [0.25, 0.3) is 5.65 Å². The topological polar surface area (TPSA) is 110 Å². The molecule has 2 aliphatic rings. The largest absolute Gasteiger partial charge is 0.466 e. The highest BCUT2D eigenvalue weighted by atomic mass is 32.2. The molecule has 0 N–H and O–H groups in total. The summed E-state index contributed by atoms with van der Waals surface area (Å²) in [6.45, 7) is 8.91. The van der Waals surface area contributed by atoms with Crippen LogP contribution in [0, 0.1) is 13.8 Å². The molecule has 2 aliphatic heterocycles. The molecule has 0 bridgehead atoms. The Bertz CT molecular complexity index is 1880. The van der Waals surface area contributed by atoms with Crippen molar-refractivity contribution in [3.8, 4) is 0 Å². The average Bonchev–Trinajstić information content (AvgIpc) is 3.60. The first-order valence-corrected chi connectivity index (χ1v) is 16.5. The molecule has 5 heterocycles. The van der Waals surface area contributed by atoms with Gasteiger partial charge in [0.25, 0.3) is 6.43 Å². The van der Waals surface area contributed by atoms with Gasteiger partial charge in [0.15, 0.2) is 5.65 Å². The Kier molecular flexibility index (Phi) is 8.10. The second-order valence-corrected chi connectivity index (χ2v) is 14.0. The van der Waals surface area contributed by atoms with Crippen LogP contribution in [0.1, 0.15) is 79.1 Å². The number of pyridine rings is 2. The summed E-state index contributed by atoms with van der Waals surface area (Å²) in [5.41, 5.74) is 3.67. The fourth-order valence-corrected chi connectivity index (χ4v) is 8.46. The first kappa shape index (κ1) is 31.0. The Labute approximate surface area is 261 Å². The van der Waals surface area contributed by atoms with E-state index in [1.165, 1.54) is 10.6 Å². The van der Waals surface area contributed by atoms with E-state index < -0.39 is 39.7 Å². The van der Waals surface area contributed by atoms with E-state index >= 15 is 0 Å². The molecular weight excluding hydrogens is 602 g/mol. The van der Waals surface area contributed by atoms with Crippen LogP contribution in [-0.2, 0) is 26.1 Å². The van der Waals surface area contributed by atoms with Gasteiger partial charge in [-0.1, -0.05) is 18.2 Å². The molecule has 45 heavy (non-hydrogen) atoms. The monoisotopic (exact) mass is 638 g/mol. The van der Waals surface area contributed by atoms with Gasteiger partial charge in [-0.15, -0.1) is 10.2 Å². The molecule has 0 spiro atoms. The summed E-state index contributed by atoms with van der Waals surface area (Å²) in [5, 5.41) is 7.69. The van der Waals surface area contributed by atoms with Crippen LogP contribution in [0.4, 0.5) is 14.6 Å². The fourth-order valence-electron chi connectivity index (χ4n) is 6.78. The van der Waals surface area contributed by atoms with Gasteiger partial charge in [0, 0.05) is 37.9 Å². The number of fused-ring (bicyclic) bond motifs is 4. The summed E-state index contributed by atoms with van der Waals surface area (Å²) in [5.74, 6) is -0.876. The molecule has 1 aromatic carbocycles. The Morgan fingerprint density at radius 2 is 1.96 bits per heavy atom. The zero-order valence-corrected chi connectivity index (χ0v) is 26.5. The molecule has 10 nitrogen and oxygen atoms in total. The maximum atomic E-state index is 14.1. The number of halogens is 2. The molecule has 3 aromatic heterocycles. The summed E-state index contributed by atoms with van der Waals surface area (Å²) in [6.07, 6.45) is 2.11. The van der Waals surface area contributed by atoms with E-state index in [1.807, 2.05) is 25.1 Å². The van der Waals surface area contributed by atoms with Crippen LogP contribution in [0.15, 0.2) is 53.7 Å². The van der Waals surface area contributed by atoms with Crippen LogP contribution in [-0.4, -0.2) is 63.5 Å². The highest BCUT2D eigenvalue weighted by molar-refractivity contribution is 7.89. The number of carbonyl (C=O) groups is 1. The van der Waals surface area contributed by atoms with Gasteiger partial charge in [0.2, 0.25) is 15.8 Å². The van der Waals surface area contributed by atoms with Crippen LogP contribution in [0.5, 0.6) is 0 Å². The number of hydrogen-bond acceptors (Lipinski definition) is 8. The quantitative estimate of drug-likeness (QED) is 0.239. The van der Waals surface area contributed by atoms with Crippen molar-refractivity contribution in [1.29, 1.82) is 0 Å². The number of nitrogens with zero attached hydrogens (tertiary/aromatic N) is 6. The lowest BCUT2D eigenvalue weighted by Gasteiger charge is -2.36. The number of carbonyl (C=O) groups excluding carboxylic acids is 1. The minimum absolute atomic E-state index is 0.00269. The Hall–Kier alpha value is -3.97. The van der Waals surface area contributed by atoms with E-state index in [4.69, 9.17) is 4.74 Å². The third-order valence-electron chi connectivity index (χ3n) is 9.15. The van der Waals surface area contributed by atoms with Crippen molar-refractivity contribution in [3.05, 3.63) is 82.4 Å². The lowest BCUT2D eigenvalue weighted by atomic mass is 9.85. The van der Waals surface area contributed by atoms with Crippen LogP contribution in [0.2, 0.25) is 0 Å². The van der Waals surface area contributed by atoms with E-state index in [0.717, 1.165) is 41.6 Å². The first-order chi connectivity index (χ1) is 21.4. The molecular formula is C32H36F2N6O4S. The predicted octanol–water partition coefficient (Wildman–Crippen LogP) is 5.33. The number of rotatable bonds is 8. The van der Waals surface area contributed by atoms with Gasteiger partial charge in [0.05, 0.1) is 18.6 Å². The molecule has 238 valence electrons. The number of anilines is 1. The number of aromatic nitrogens is 4. The molecule has 13 heteroatoms. The summed E-state index contributed by atoms with van der Waals surface area (Å²) < 4.78 is 63.4. The summed E-state index contributed by atoms with van der Waals surface area (Å²) in [4.78, 5) is 19.7. The van der Waals surface area contributed by atoms with Crippen molar-refractivity contribution in [2.75, 3.05) is 24.6 Å². The summed E-state index contributed by atoms with van der Waals surface area (Å²) in [6, 6.07) is 10.8. The van der Waals surface area contributed by atoms with Crippen molar-refractivity contribution in [3.63, 3.8) is 0 Å².